The standard InChI is InChI=1S/C6H16N2O/c1-6(2,4-8-3)5-9-7/h8H,4-5,7H2,1-3H3. The molecule has 0 aliphatic heterocycles. The van der Waals surface area contributed by atoms with E-state index in [9.17, 15) is 0 Å². The second-order valence-electron chi connectivity index (χ2n) is 3.01. The first-order chi connectivity index (χ1) is 4.12. The minimum absolute atomic E-state index is 0.142. The highest BCUT2D eigenvalue weighted by atomic mass is 16.6. The fourth-order valence-electron chi connectivity index (χ4n) is 0.755. The SMILES string of the molecule is CNCC(C)(C)CON. The minimum Gasteiger partial charge on any atom is -0.319 e. The first-order valence-corrected chi connectivity index (χ1v) is 3.09. The van der Waals surface area contributed by atoms with Gasteiger partial charge in [0.15, 0.2) is 0 Å². The van der Waals surface area contributed by atoms with Crippen molar-refractivity contribution in [2.24, 2.45) is 11.3 Å². The van der Waals surface area contributed by atoms with Crippen LogP contribution in [-0.4, -0.2) is 20.2 Å². The largest absolute Gasteiger partial charge is 0.319 e. The molecular weight excluding hydrogens is 116 g/mol. The molecule has 0 rings (SSSR count). The van der Waals surface area contributed by atoms with E-state index in [2.05, 4.69) is 24.0 Å². The van der Waals surface area contributed by atoms with Crippen LogP contribution in [0.2, 0.25) is 0 Å². The van der Waals surface area contributed by atoms with Crippen molar-refractivity contribution >= 4 is 0 Å². The Hall–Kier alpha value is -0.120. The van der Waals surface area contributed by atoms with E-state index in [1.165, 1.54) is 0 Å². The van der Waals surface area contributed by atoms with Crippen LogP contribution in [-0.2, 0) is 4.84 Å². The minimum atomic E-state index is 0.142. The van der Waals surface area contributed by atoms with Gasteiger partial charge in [0.25, 0.3) is 0 Å². The quantitative estimate of drug-likeness (QED) is 0.534. The number of hydrogen-bond acceptors (Lipinski definition) is 3. The van der Waals surface area contributed by atoms with Gasteiger partial charge in [0, 0.05) is 12.0 Å². The third-order valence-corrected chi connectivity index (χ3v) is 1.13. The molecular formula is C6H16N2O. The van der Waals surface area contributed by atoms with Crippen LogP contribution >= 0.6 is 0 Å². The molecule has 0 aromatic carbocycles. The maximum absolute atomic E-state index is 4.92. The Labute approximate surface area is 56.5 Å². The van der Waals surface area contributed by atoms with Crippen LogP contribution < -0.4 is 11.2 Å². The molecule has 56 valence electrons. The summed E-state index contributed by atoms with van der Waals surface area (Å²) in [7, 11) is 1.91. The van der Waals surface area contributed by atoms with Gasteiger partial charge in [-0.15, -0.1) is 0 Å². The lowest BCUT2D eigenvalue weighted by Gasteiger charge is -2.21. The summed E-state index contributed by atoms with van der Waals surface area (Å²) in [6.45, 7) is 5.70. The Kier molecular flexibility index (Phi) is 3.77. The van der Waals surface area contributed by atoms with Gasteiger partial charge in [-0.05, 0) is 7.05 Å². The summed E-state index contributed by atoms with van der Waals surface area (Å²) >= 11 is 0. The fourth-order valence-corrected chi connectivity index (χ4v) is 0.755. The molecule has 0 heterocycles. The Morgan fingerprint density at radius 1 is 1.56 bits per heavy atom. The monoisotopic (exact) mass is 132 g/mol. The molecule has 3 N–H and O–H groups in total. The molecule has 0 saturated heterocycles. The van der Waals surface area contributed by atoms with E-state index < -0.39 is 0 Å². The summed E-state index contributed by atoms with van der Waals surface area (Å²) in [5.74, 6) is 4.92. The Morgan fingerprint density at radius 2 is 2.11 bits per heavy atom. The molecule has 0 spiro atoms. The third-order valence-electron chi connectivity index (χ3n) is 1.13. The Bertz CT molecular complexity index is 65.5. The van der Waals surface area contributed by atoms with E-state index in [1.807, 2.05) is 7.05 Å². The number of hydrogen-bond donors (Lipinski definition) is 2. The molecule has 9 heavy (non-hydrogen) atoms. The van der Waals surface area contributed by atoms with Gasteiger partial charge in [0.2, 0.25) is 0 Å². The summed E-state index contributed by atoms with van der Waals surface area (Å²) < 4.78 is 0. The van der Waals surface area contributed by atoms with Gasteiger partial charge in [-0.3, -0.25) is 0 Å². The van der Waals surface area contributed by atoms with Gasteiger partial charge in [-0.1, -0.05) is 13.8 Å². The molecule has 3 nitrogen and oxygen atoms in total. The van der Waals surface area contributed by atoms with Crippen LogP contribution in [0.4, 0.5) is 0 Å². The van der Waals surface area contributed by atoms with Crippen molar-refractivity contribution < 1.29 is 4.84 Å². The lowest BCUT2D eigenvalue weighted by Crippen LogP contribution is -2.32. The summed E-state index contributed by atoms with van der Waals surface area (Å²) in [5, 5.41) is 3.06. The van der Waals surface area contributed by atoms with Crippen molar-refractivity contribution in [1.29, 1.82) is 0 Å². The maximum atomic E-state index is 4.92. The molecule has 0 radical (unpaired) electrons. The molecule has 0 bridgehead atoms. The van der Waals surface area contributed by atoms with Crippen LogP contribution in [0.5, 0.6) is 0 Å². The van der Waals surface area contributed by atoms with Crippen LogP contribution in [0.15, 0.2) is 0 Å². The maximum Gasteiger partial charge on any atom is 0.0742 e. The molecule has 0 fully saturated rings. The number of nitrogens with two attached hydrogens (primary N) is 1. The van der Waals surface area contributed by atoms with Crippen molar-refractivity contribution in [3.63, 3.8) is 0 Å². The van der Waals surface area contributed by atoms with Gasteiger partial charge < -0.3 is 10.2 Å². The normalized spacial score (nSPS) is 12.0. The van der Waals surface area contributed by atoms with Gasteiger partial charge in [-0.2, -0.15) is 0 Å². The van der Waals surface area contributed by atoms with Gasteiger partial charge in [0.05, 0.1) is 6.61 Å². The average molecular weight is 132 g/mol. The Morgan fingerprint density at radius 3 is 2.44 bits per heavy atom. The van der Waals surface area contributed by atoms with Crippen molar-refractivity contribution in [2.75, 3.05) is 20.2 Å². The molecule has 0 unspecified atom stereocenters. The molecule has 0 aliphatic carbocycles. The lowest BCUT2D eigenvalue weighted by atomic mass is 9.95. The number of rotatable bonds is 4. The van der Waals surface area contributed by atoms with Crippen molar-refractivity contribution in [1.82, 2.24) is 5.32 Å². The molecule has 0 amide bonds. The molecule has 0 aromatic heterocycles. The summed E-state index contributed by atoms with van der Waals surface area (Å²) in [5.41, 5.74) is 0.142. The zero-order valence-corrected chi connectivity index (χ0v) is 6.40. The lowest BCUT2D eigenvalue weighted by molar-refractivity contribution is 0.0636. The predicted octanol–water partition coefficient (Wildman–Crippen LogP) is 0.122. The molecule has 3 heteroatoms. The van der Waals surface area contributed by atoms with Crippen LogP contribution in [0, 0.1) is 5.41 Å². The smallest absolute Gasteiger partial charge is 0.0742 e. The third kappa shape index (κ3) is 4.39. The van der Waals surface area contributed by atoms with Gasteiger partial charge >= 0.3 is 0 Å². The highest BCUT2D eigenvalue weighted by Gasteiger charge is 2.15. The van der Waals surface area contributed by atoms with Crippen molar-refractivity contribution in [3.8, 4) is 0 Å². The van der Waals surface area contributed by atoms with Crippen LogP contribution in [0.3, 0.4) is 0 Å². The highest BCUT2D eigenvalue weighted by Crippen LogP contribution is 2.11. The van der Waals surface area contributed by atoms with Crippen LogP contribution in [0.25, 0.3) is 0 Å². The number of nitrogens with one attached hydrogen (secondary N) is 1. The molecule has 0 saturated carbocycles. The molecule has 0 aliphatic rings. The van der Waals surface area contributed by atoms with Crippen molar-refractivity contribution in [3.05, 3.63) is 0 Å². The van der Waals surface area contributed by atoms with Gasteiger partial charge in [-0.25, -0.2) is 5.90 Å². The van der Waals surface area contributed by atoms with E-state index in [0.29, 0.717) is 6.61 Å². The summed E-state index contributed by atoms with van der Waals surface area (Å²) in [6.07, 6.45) is 0. The first-order valence-electron chi connectivity index (χ1n) is 3.09. The second kappa shape index (κ2) is 3.82. The summed E-state index contributed by atoms with van der Waals surface area (Å²) in [6, 6.07) is 0. The average Bonchev–Trinajstić information content (AvgIpc) is 1.64. The highest BCUT2D eigenvalue weighted by molar-refractivity contribution is 4.68. The molecule has 0 atom stereocenters. The van der Waals surface area contributed by atoms with Crippen LogP contribution in [0.1, 0.15) is 13.8 Å². The first kappa shape index (κ1) is 8.88. The second-order valence-corrected chi connectivity index (χ2v) is 3.01. The fraction of sp³-hybridized carbons (Fsp3) is 1.00. The summed E-state index contributed by atoms with van der Waals surface area (Å²) in [4.78, 5) is 4.52. The van der Waals surface area contributed by atoms with E-state index >= 15 is 0 Å². The Balaban J connectivity index is 3.43. The topological polar surface area (TPSA) is 47.3 Å². The zero-order valence-electron chi connectivity index (χ0n) is 6.40. The van der Waals surface area contributed by atoms with E-state index in [0.717, 1.165) is 6.54 Å². The molecule has 0 aromatic rings. The van der Waals surface area contributed by atoms with E-state index in [4.69, 9.17) is 5.90 Å². The predicted molar refractivity (Wildman–Crippen MR) is 37.8 cm³/mol. The van der Waals surface area contributed by atoms with Gasteiger partial charge in [0.1, 0.15) is 0 Å². The van der Waals surface area contributed by atoms with Crippen molar-refractivity contribution in [2.45, 2.75) is 13.8 Å². The zero-order chi connectivity index (χ0) is 7.33. The van der Waals surface area contributed by atoms with E-state index in [-0.39, 0.29) is 5.41 Å². The van der Waals surface area contributed by atoms with E-state index in [1.54, 1.807) is 0 Å².